The van der Waals surface area contributed by atoms with Gasteiger partial charge in [-0.3, -0.25) is 4.89 Å². The lowest BCUT2D eigenvalue weighted by Crippen LogP contribution is -2.24. The third kappa shape index (κ3) is 8.19. The molecule has 2 N–H and O–H groups in total. The van der Waals surface area contributed by atoms with Crippen LogP contribution in [0, 0.1) is 0 Å². The van der Waals surface area contributed by atoms with Crippen molar-refractivity contribution in [3.05, 3.63) is 0 Å². The van der Waals surface area contributed by atoms with Crippen LogP contribution in [0.4, 0.5) is 0 Å². The van der Waals surface area contributed by atoms with E-state index in [0.717, 1.165) is 25.7 Å². The summed E-state index contributed by atoms with van der Waals surface area (Å²) in [6, 6.07) is 0. The van der Waals surface area contributed by atoms with Gasteiger partial charge in [-0.1, -0.05) is 32.6 Å². The van der Waals surface area contributed by atoms with Crippen molar-refractivity contribution >= 4 is 11.9 Å². The summed E-state index contributed by atoms with van der Waals surface area (Å²) in [5, 5.41) is 16.8. The van der Waals surface area contributed by atoms with Crippen LogP contribution in [-0.2, 0) is 19.4 Å². The van der Waals surface area contributed by atoms with E-state index in [1.165, 1.54) is 0 Å². The number of hydrogen-bond donors (Lipinski definition) is 2. The van der Waals surface area contributed by atoms with Crippen LogP contribution in [0.5, 0.6) is 0 Å². The van der Waals surface area contributed by atoms with Crippen molar-refractivity contribution in [2.45, 2.75) is 51.7 Å². The lowest BCUT2D eigenvalue weighted by atomic mass is 10.1. The first-order valence-electron chi connectivity index (χ1n) is 5.35. The van der Waals surface area contributed by atoms with Gasteiger partial charge in [-0.15, -0.1) is 4.89 Å². The Morgan fingerprint density at radius 1 is 1.19 bits per heavy atom. The van der Waals surface area contributed by atoms with E-state index in [4.69, 9.17) is 10.2 Å². The zero-order valence-electron chi connectivity index (χ0n) is 9.35. The number of carboxylic acid groups (broad SMARTS) is 1. The van der Waals surface area contributed by atoms with Crippen molar-refractivity contribution in [3.8, 4) is 0 Å². The van der Waals surface area contributed by atoms with Gasteiger partial charge < -0.3 is 10.2 Å². The summed E-state index contributed by atoms with van der Waals surface area (Å²) in [4.78, 5) is 29.1. The monoisotopic (exact) mass is 234 g/mol. The molecule has 0 aromatic heterocycles. The molecule has 94 valence electrons. The van der Waals surface area contributed by atoms with E-state index in [0.29, 0.717) is 6.42 Å². The van der Waals surface area contributed by atoms with Crippen molar-refractivity contribution in [1.82, 2.24) is 0 Å². The highest BCUT2D eigenvalue weighted by Gasteiger charge is 2.17. The maximum absolute atomic E-state index is 11.0. The predicted molar refractivity (Wildman–Crippen MR) is 54.2 cm³/mol. The molecule has 0 aliphatic heterocycles. The van der Waals surface area contributed by atoms with Crippen molar-refractivity contribution < 1.29 is 29.6 Å². The zero-order chi connectivity index (χ0) is 12.4. The molecular formula is C10H18O6. The SMILES string of the molecule is CCCCCCCC(=O)OOC(O)C(=O)O. The minimum Gasteiger partial charge on any atom is -0.477 e. The first-order valence-corrected chi connectivity index (χ1v) is 5.35. The van der Waals surface area contributed by atoms with Crippen LogP contribution in [0.1, 0.15) is 45.4 Å². The molecule has 0 aromatic carbocycles. The molecule has 0 radical (unpaired) electrons. The number of aliphatic hydroxyl groups is 1. The summed E-state index contributed by atoms with van der Waals surface area (Å²) < 4.78 is 0. The maximum Gasteiger partial charge on any atom is 0.365 e. The summed E-state index contributed by atoms with van der Waals surface area (Å²) in [6.07, 6.45) is 2.94. The van der Waals surface area contributed by atoms with Crippen LogP contribution < -0.4 is 0 Å². The van der Waals surface area contributed by atoms with Gasteiger partial charge >= 0.3 is 11.9 Å². The Labute approximate surface area is 94.1 Å². The molecule has 0 bridgehead atoms. The van der Waals surface area contributed by atoms with Crippen LogP contribution in [0.2, 0.25) is 0 Å². The second kappa shape index (κ2) is 9.11. The Bertz CT molecular complexity index is 215. The Balaban J connectivity index is 3.41. The molecule has 0 rings (SSSR count). The van der Waals surface area contributed by atoms with Crippen LogP contribution >= 0.6 is 0 Å². The topological polar surface area (TPSA) is 93.1 Å². The predicted octanol–water partition coefficient (Wildman–Crippen LogP) is 1.22. The quantitative estimate of drug-likeness (QED) is 0.270. The van der Waals surface area contributed by atoms with Gasteiger partial charge in [0.2, 0.25) is 0 Å². The minimum atomic E-state index is -2.12. The maximum atomic E-state index is 11.0. The molecule has 0 amide bonds. The van der Waals surface area contributed by atoms with E-state index in [1.54, 1.807) is 0 Å². The highest BCUT2D eigenvalue weighted by Crippen LogP contribution is 2.06. The number of aliphatic hydroxyl groups excluding tert-OH is 1. The molecule has 16 heavy (non-hydrogen) atoms. The number of rotatable bonds is 9. The summed E-state index contributed by atoms with van der Waals surface area (Å²) in [6.45, 7) is 2.09. The number of aliphatic carboxylic acids is 1. The number of carbonyl (C=O) groups excluding carboxylic acids is 1. The average Bonchev–Trinajstić information content (AvgIpc) is 2.25. The van der Waals surface area contributed by atoms with E-state index in [2.05, 4.69) is 16.7 Å². The van der Waals surface area contributed by atoms with E-state index < -0.39 is 18.2 Å². The number of hydrogen-bond acceptors (Lipinski definition) is 5. The third-order valence-corrected chi connectivity index (χ3v) is 1.93. The Kier molecular flexibility index (Phi) is 8.46. The first kappa shape index (κ1) is 14.9. The molecule has 0 saturated carbocycles. The Morgan fingerprint density at radius 3 is 2.38 bits per heavy atom. The molecule has 0 spiro atoms. The summed E-state index contributed by atoms with van der Waals surface area (Å²) >= 11 is 0. The van der Waals surface area contributed by atoms with Crippen LogP contribution in [0.15, 0.2) is 0 Å². The largest absolute Gasteiger partial charge is 0.477 e. The van der Waals surface area contributed by atoms with Gasteiger partial charge in [0.25, 0.3) is 6.29 Å². The van der Waals surface area contributed by atoms with Crippen LogP contribution in [0.25, 0.3) is 0 Å². The standard InChI is InChI=1S/C10H18O6/c1-2-3-4-5-6-7-8(11)15-16-10(14)9(12)13/h10,14H,2-7H2,1H3,(H,12,13). The second-order valence-electron chi connectivity index (χ2n) is 3.41. The third-order valence-electron chi connectivity index (χ3n) is 1.93. The first-order chi connectivity index (χ1) is 7.57. The minimum absolute atomic E-state index is 0.163. The van der Waals surface area contributed by atoms with Gasteiger partial charge in [-0.05, 0) is 6.42 Å². The highest BCUT2D eigenvalue weighted by atomic mass is 17.2. The van der Waals surface area contributed by atoms with E-state index in [9.17, 15) is 9.59 Å². The Hall–Kier alpha value is -1.14. The van der Waals surface area contributed by atoms with Crippen molar-refractivity contribution in [2.24, 2.45) is 0 Å². The van der Waals surface area contributed by atoms with Crippen molar-refractivity contribution in [1.29, 1.82) is 0 Å². The second-order valence-corrected chi connectivity index (χ2v) is 3.41. The van der Waals surface area contributed by atoms with Gasteiger partial charge in [-0.25, -0.2) is 9.59 Å². The smallest absolute Gasteiger partial charge is 0.365 e. The lowest BCUT2D eigenvalue weighted by Gasteiger charge is -2.05. The van der Waals surface area contributed by atoms with Gasteiger partial charge in [0, 0.05) is 6.42 Å². The molecule has 0 saturated heterocycles. The van der Waals surface area contributed by atoms with E-state index in [-0.39, 0.29) is 6.42 Å². The van der Waals surface area contributed by atoms with Gasteiger partial charge in [0.15, 0.2) is 0 Å². The Morgan fingerprint density at radius 2 is 1.81 bits per heavy atom. The fourth-order valence-corrected chi connectivity index (χ4v) is 1.05. The molecule has 0 fully saturated rings. The van der Waals surface area contributed by atoms with E-state index in [1.807, 2.05) is 0 Å². The molecular weight excluding hydrogens is 216 g/mol. The summed E-state index contributed by atoms with van der Waals surface area (Å²) in [7, 11) is 0. The number of carboxylic acids is 1. The lowest BCUT2D eigenvalue weighted by molar-refractivity contribution is -0.335. The van der Waals surface area contributed by atoms with E-state index >= 15 is 0 Å². The molecule has 0 aliphatic carbocycles. The zero-order valence-corrected chi connectivity index (χ0v) is 9.35. The molecule has 0 heterocycles. The van der Waals surface area contributed by atoms with Crippen molar-refractivity contribution in [2.75, 3.05) is 0 Å². The molecule has 6 heteroatoms. The molecule has 6 nitrogen and oxygen atoms in total. The number of carbonyl (C=O) groups is 2. The fraction of sp³-hybridized carbons (Fsp3) is 0.800. The van der Waals surface area contributed by atoms with Crippen molar-refractivity contribution in [3.63, 3.8) is 0 Å². The summed E-state index contributed by atoms with van der Waals surface area (Å²) in [5.74, 6) is -2.27. The van der Waals surface area contributed by atoms with Gasteiger partial charge in [0.1, 0.15) is 0 Å². The fourth-order valence-electron chi connectivity index (χ4n) is 1.05. The number of unbranched alkanes of at least 4 members (excludes halogenated alkanes) is 4. The van der Waals surface area contributed by atoms with Crippen LogP contribution in [-0.4, -0.2) is 28.4 Å². The molecule has 1 unspecified atom stereocenters. The van der Waals surface area contributed by atoms with Gasteiger partial charge in [-0.2, -0.15) is 0 Å². The molecule has 1 atom stereocenters. The van der Waals surface area contributed by atoms with Gasteiger partial charge in [0.05, 0.1) is 0 Å². The highest BCUT2D eigenvalue weighted by molar-refractivity contribution is 5.71. The average molecular weight is 234 g/mol. The normalized spacial score (nSPS) is 12.1. The summed E-state index contributed by atoms with van der Waals surface area (Å²) in [5.41, 5.74) is 0. The van der Waals surface area contributed by atoms with Crippen LogP contribution in [0.3, 0.4) is 0 Å². The molecule has 0 aromatic rings. The molecule has 0 aliphatic rings.